The van der Waals surface area contributed by atoms with Crippen LogP contribution in [0.5, 0.6) is 0 Å². The van der Waals surface area contributed by atoms with E-state index in [1.165, 1.54) is 24.3 Å². The largest absolute Gasteiger partial charge is 0.471 e. The number of morpholine rings is 1. The molecule has 0 aliphatic carbocycles. The molecule has 40 heavy (non-hydrogen) atoms. The van der Waals surface area contributed by atoms with Gasteiger partial charge in [-0.25, -0.2) is 19.6 Å². The zero-order valence-electron chi connectivity index (χ0n) is 21.2. The fraction of sp³-hybridized carbons (Fsp3) is 0.269. The van der Waals surface area contributed by atoms with E-state index in [0.29, 0.717) is 49.2 Å². The van der Waals surface area contributed by atoms with Gasteiger partial charge in [-0.3, -0.25) is 4.79 Å². The molecule has 1 aliphatic rings. The van der Waals surface area contributed by atoms with E-state index < -0.39 is 24.1 Å². The van der Waals surface area contributed by atoms with Crippen molar-refractivity contribution in [2.45, 2.75) is 13.1 Å². The normalized spacial score (nSPS) is 13.3. The Morgan fingerprint density at radius 2 is 1.57 bits per heavy atom. The van der Waals surface area contributed by atoms with Crippen LogP contribution in [0.15, 0.2) is 54.6 Å². The summed E-state index contributed by atoms with van der Waals surface area (Å²) in [6.45, 7) is 4.17. The molecule has 0 unspecified atom stereocenters. The number of esters is 1. The van der Waals surface area contributed by atoms with Gasteiger partial charge in [0.2, 0.25) is 0 Å². The lowest BCUT2D eigenvalue weighted by Crippen LogP contribution is -2.37. The highest BCUT2D eigenvalue weighted by Crippen LogP contribution is 2.24. The third-order valence-electron chi connectivity index (χ3n) is 5.57. The second kappa shape index (κ2) is 12.4. The molecule has 0 spiro atoms. The predicted octanol–water partition coefficient (Wildman–Crippen LogP) is 4.30. The molecule has 1 saturated heterocycles. The summed E-state index contributed by atoms with van der Waals surface area (Å²) >= 11 is 0. The molecular weight excluding hydrogens is 533 g/mol. The Bertz CT molecular complexity index is 1380. The van der Waals surface area contributed by atoms with Gasteiger partial charge in [0.1, 0.15) is 5.82 Å². The summed E-state index contributed by atoms with van der Waals surface area (Å²) in [6.07, 6.45) is -5.04. The zero-order valence-corrected chi connectivity index (χ0v) is 21.2. The molecule has 0 saturated carbocycles. The van der Waals surface area contributed by atoms with Crippen molar-refractivity contribution in [1.29, 1.82) is 0 Å². The number of hydrogen-bond donors (Lipinski definition) is 3. The SMILES string of the molecule is CCOC(=O)c1cc(N2CCOCC2)nc(-c2ccc(NC(=O)Nc3cccc(NC(=O)C(F)(F)F)c3)cc2)n1. The Hall–Kier alpha value is -4.72. The van der Waals surface area contributed by atoms with E-state index in [4.69, 9.17) is 9.47 Å². The smallest absolute Gasteiger partial charge is 0.461 e. The fourth-order valence-corrected chi connectivity index (χ4v) is 3.70. The number of alkyl halides is 3. The van der Waals surface area contributed by atoms with Crippen LogP contribution in [0.4, 0.5) is 40.8 Å². The van der Waals surface area contributed by atoms with E-state index in [1.807, 2.05) is 4.90 Å². The molecule has 1 aliphatic heterocycles. The van der Waals surface area contributed by atoms with Gasteiger partial charge in [0.15, 0.2) is 11.5 Å². The van der Waals surface area contributed by atoms with E-state index >= 15 is 0 Å². The quantitative estimate of drug-likeness (QED) is 0.366. The van der Waals surface area contributed by atoms with Crippen LogP contribution in [0.3, 0.4) is 0 Å². The number of ether oxygens (including phenoxy) is 2. The number of nitrogens with zero attached hydrogens (tertiary/aromatic N) is 3. The van der Waals surface area contributed by atoms with Gasteiger partial charge < -0.3 is 30.3 Å². The maximum Gasteiger partial charge on any atom is 0.471 e. The van der Waals surface area contributed by atoms with Gasteiger partial charge in [0, 0.05) is 41.8 Å². The van der Waals surface area contributed by atoms with Crippen molar-refractivity contribution in [3.8, 4) is 11.4 Å². The Kier molecular flexibility index (Phi) is 8.79. The van der Waals surface area contributed by atoms with E-state index in [1.54, 1.807) is 42.6 Å². The predicted molar refractivity (Wildman–Crippen MR) is 140 cm³/mol. The van der Waals surface area contributed by atoms with E-state index in [9.17, 15) is 27.6 Å². The molecule has 3 N–H and O–H groups in total. The summed E-state index contributed by atoms with van der Waals surface area (Å²) in [5.74, 6) is -1.84. The van der Waals surface area contributed by atoms with Gasteiger partial charge in [-0.1, -0.05) is 6.07 Å². The lowest BCUT2D eigenvalue weighted by molar-refractivity contribution is -0.167. The van der Waals surface area contributed by atoms with Crippen LogP contribution in [-0.4, -0.2) is 67.0 Å². The average molecular weight is 559 g/mol. The van der Waals surface area contributed by atoms with E-state index in [-0.39, 0.29) is 23.7 Å². The highest BCUT2D eigenvalue weighted by atomic mass is 19.4. The van der Waals surface area contributed by atoms with Crippen molar-refractivity contribution >= 4 is 40.8 Å². The minimum atomic E-state index is -5.04. The molecule has 0 atom stereocenters. The third kappa shape index (κ3) is 7.44. The first-order valence-electron chi connectivity index (χ1n) is 12.2. The van der Waals surface area contributed by atoms with Gasteiger partial charge >= 0.3 is 24.1 Å². The second-order valence-corrected chi connectivity index (χ2v) is 8.44. The Labute approximate surface area is 226 Å². The number of hydrogen-bond acceptors (Lipinski definition) is 8. The van der Waals surface area contributed by atoms with Crippen molar-refractivity contribution < 1.29 is 37.0 Å². The lowest BCUT2D eigenvalue weighted by atomic mass is 10.2. The second-order valence-electron chi connectivity index (χ2n) is 8.44. The van der Waals surface area contributed by atoms with Crippen LogP contribution in [-0.2, 0) is 14.3 Å². The monoisotopic (exact) mass is 558 g/mol. The van der Waals surface area contributed by atoms with Gasteiger partial charge in [-0.2, -0.15) is 13.2 Å². The summed E-state index contributed by atoms with van der Waals surface area (Å²) in [6, 6.07) is 12.7. The molecule has 14 heteroatoms. The van der Waals surface area contributed by atoms with Crippen molar-refractivity contribution in [2.24, 2.45) is 0 Å². The number of nitrogens with one attached hydrogen (secondary N) is 3. The molecule has 210 valence electrons. The van der Waals surface area contributed by atoms with Gasteiger partial charge in [0.05, 0.1) is 19.8 Å². The Morgan fingerprint density at radius 3 is 2.23 bits per heavy atom. The molecule has 0 radical (unpaired) electrons. The molecular formula is C26H25F3N6O5. The first-order chi connectivity index (χ1) is 19.1. The molecule has 1 aromatic heterocycles. The van der Waals surface area contributed by atoms with Crippen molar-refractivity contribution in [3.05, 3.63) is 60.3 Å². The van der Waals surface area contributed by atoms with E-state index in [2.05, 4.69) is 20.6 Å². The lowest BCUT2D eigenvalue weighted by Gasteiger charge is -2.28. The average Bonchev–Trinajstić information content (AvgIpc) is 2.93. The first kappa shape index (κ1) is 28.3. The van der Waals surface area contributed by atoms with Crippen LogP contribution in [0.2, 0.25) is 0 Å². The Balaban J connectivity index is 1.46. The van der Waals surface area contributed by atoms with Gasteiger partial charge in [-0.15, -0.1) is 0 Å². The van der Waals surface area contributed by atoms with E-state index in [0.717, 1.165) is 0 Å². The molecule has 0 bridgehead atoms. The standard InChI is InChI=1S/C26H25F3N6O5/c1-2-40-23(36)20-15-21(35-10-12-39-13-11-35)34-22(33-20)16-6-8-17(9-7-16)31-25(38)32-19-5-3-4-18(14-19)30-24(37)26(27,28)29/h3-9,14-15H,2,10-13H2,1H3,(H,30,37)(H2,31,32,38). The molecule has 3 aromatic rings. The number of carbonyl (C=O) groups excluding carboxylic acids is 3. The third-order valence-corrected chi connectivity index (χ3v) is 5.57. The molecule has 3 amide bonds. The minimum Gasteiger partial charge on any atom is -0.461 e. The number of rotatable bonds is 7. The maximum atomic E-state index is 12.5. The molecule has 2 heterocycles. The van der Waals surface area contributed by atoms with Crippen molar-refractivity contribution in [3.63, 3.8) is 0 Å². The highest BCUT2D eigenvalue weighted by molar-refractivity contribution is 6.01. The van der Waals surface area contributed by atoms with Gasteiger partial charge in [0.25, 0.3) is 0 Å². The summed E-state index contributed by atoms with van der Waals surface area (Å²) < 4.78 is 48.0. The highest BCUT2D eigenvalue weighted by Gasteiger charge is 2.38. The summed E-state index contributed by atoms with van der Waals surface area (Å²) in [4.78, 5) is 47.0. The molecule has 1 fully saturated rings. The summed E-state index contributed by atoms with van der Waals surface area (Å²) in [7, 11) is 0. The van der Waals surface area contributed by atoms with Gasteiger partial charge in [-0.05, 0) is 49.4 Å². The number of halogens is 3. The molecule has 4 rings (SSSR count). The topological polar surface area (TPSA) is 135 Å². The number of anilines is 4. The number of benzene rings is 2. The summed E-state index contributed by atoms with van der Waals surface area (Å²) in [5.41, 5.74) is 1.13. The molecule has 11 nitrogen and oxygen atoms in total. The van der Waals surface area contributed by atoms with Crippen LogP contribution in [0, 0.1) is 0 Å². The Morgan fingerprint density at radius 1 is 0.925 bits per heavy atom. The number of urea groups is 1. The maximum absolute atomic E-state index is 12.5. The zero-order chi connectivity index (χ0) is 28.7. The van der Waals surface area contributed by atoms with Crippen LogP contribution >= 0.6 is 0 Å². The van der Waals surface area contributed by atoms with Crippen LogP contribution in [0.1, 0.15) is 17.4 Å². The first-order valence-corrected chi connectivity index (χ1v) is 12.2. The molecule has 2 aromatic carbocycles. The van der Waals surface area contributed by atoms with Crippen LogP contribution < -0.4 is 20.9 Å². The fourth-order valence-electron chi connectivity index (χ4n) is 3.70. The number of amides is 3. The van der Waals surface area contributed by atoms with Crippen molar-refractivity contribution in [1.82, 2.24) is 9.97 Å². The minimum absolute atomic E-state index is 0.114. The number of carbonyl (C=O) groups is 3. The van der Waals surface area contributed by atoms with Crippen LogP contribution in [0.25, 0.3) is 11.4 Å². The number of aromatic nitrogens is 2. The summed E-state index contributed by atoms with van der Waals surface area (Å²) in [5, 5.41) is 6.82. The van der Waals surface area contributed by atoms with Crippen molar-refractivity contribution in [2.75, 3.05) is 53.8 Å².